The van der Waals surface area contributed by atoms with E-state index in [0.29, 0.717) is 0 Å². The lowest BCUT2D eigenvalue weighted by molar-refractivity contribution is -0.144. The second kappa shape index (κ2) is 7.39. The number of carbonyl (C=O) groups is 2. The summed E-state index contributed by atoms with van der Waals surface area (Å²) in [4.78, 5) is 23.7. The van der Waals surface area contributed by atoms with Crippen molar-refractivity contribution in [3.63, 3.8) is 0 Å². The highest BCUT2D eigenvalue weighted by Gasteiger charge is 2.23. The molecule has 0 aliphatic carbocycles. The summed E-state index contributed by atoms with van der Waals surface area (Å²) in [5.74, 6) is 0.224. The van der Waals surface area contributed by atoms with E-state index in [1.54, 1.807) is 4.90 Å². The minimum atomic E-state index is -1.03. The average Bonchev–Trinajstić information content (AvgIpc) is 2.28. The third-order valence-corrected chi connectivity index (χ3v) is 3.66. The summed E-state index contributed by atoms with van der Waals surface area (Å²) in [7, 11) is 0. The molecule has 0 radical (unpaired) electrons. The molecule has 1 aliphatic rings. The van der Waals surface area contributed by atoms with Gasteiger partial charge in [0, 0.05) is 13.1 Å². The Balaban J connectivity index is 2.20. The van der Waals surface area contributed by atoms with Crippen molar-refractivity contribution in [2.75, 3.05) is 13.1 Å². The molecule has 18 heavy (non-hydrogen) atoms. The third-order valence-electron chi connectivity index (χ3n) is 3.66. The molecular weight excluding hydrogens is 230 g/mol. The van der Waals surface area contributed by atoms with E-state index in [1.165, 1.54) is 19.3 Å². The maximum absolute atomic E-state index is 11.6. The summed E-state index contributed by atoms with van der Waals surface area (Å²) in [6, 6.07) is 0. The minimum absolute atomic E-state index is 0.233. The smallest absolute Gasteiger partial charge is 0.312 e. The van der Waals surface area contributed by atoms with Crippen LogP contribution in [0.2, 0.25) is 0 Å². The Labute approximate surface area is 109 Å². The van der Waals surface area contributed by atoms with Crippen LogP contribution in [0, 0.1) is 11.8 Å². The van der Waals surface area contributed by atoms with Gasteiger partial charge in [0.1, 0.15) is 6.42 Å². The molecule has 0 saturated carbocycles. The number of nitrogens with zero attached hydrogens (tertiary/aromatic N) is 1. The predicted molar refractivity (Wildman–Crippen MR) is 70.2 cm³/mol. The van der Waals surface area contributed by atoms with E-state index in [9.17, 15) is 9.59 Å². The number of aliphatic carboxylic acids is 1. The Morgan fingerprint density at radius 3 is 2.39 bits per heavy atom. The molecule has 4 heteroatoms. The minimum Gasteiger partial charge on any atom is -0.481 e. The van der Waals surface area contributed by atoms with Gasteiger partial charge in [0.2, 0.25) is 5.91 Å². The van der Waals surface area contributed by atoms with E-state index in [-0.39, 0.29) is 12.3 Å². The van der Waals surface area contributed by atoms with Gasteiger partial charge < -0.3 is 10.0 Å². The molecule has 1 saturated heterocycles. The molecule has 104 valence electrons. The average molecular weight is 255 g/mol. The highest BCUT2D eigenvalue weighted by Crippen LogP contribution is 2.23. The van der Waals surface area contributed by atoms with Crippen LogP contribution in [0.3, 0.4) is 0 Å². The number of piperidine rings is 1. The number of amides is 1. The van der Waals surface area contributed by atoms with Gasteiger partial charge in [-0.15, -0.1) is 0 Å². The zero-order valence-corrected chi connectivity index (χ0v) is 11.5. The summed E-state index contributed by atoms with van der Waals surface area (Å²) >= 11 is 0. The van der Waals surface area contributed by atoms with Crippen molar-refractivity contribution in [2.45, 2.75) is 52.4 Å². The zero-order valence-electron chi connectivity index (χ0n) is 11.5. The van der Waals surface area contributed by atoms with Crippen LogP contribution in [0.15, 0.2) is 0 Å². The van der Waals surface area contributed by atoms with E-state index in [1.807, 2.05) is 0 Å². The van der Waals surface area contributed by atoms with E-state index in [0.717, 1.165) is 37.8 Å². The molecule has 1 N–H and O–H groups in total. The molecule has 0 bridgehead atoms. The lowest BCUT2D eigenvalue weighted by Gasteiger charge is -2.31. The number of carboxylic acids is 1. The standard InChI is InChI=1S/C14H25NO3/c1-11(2)4-3-5-12-6-8-15(9-7-12)13(16)10-14(17)18/h11-12H,3-10H2,1-2H3,(H,17,18). The van der Waals surface area contributed by atoms with Gasteiger partial charge in [-0.1, -0.05) is 33.1 Å². The molecule has 1 amide bonds. The van der Waals surface area contributed by atoms with Gasteiger partial charge in [-0.2, -0.15) is 0 Å². The van der Waals surface area contributed by atoms with Crippen molar-refractivity contribution in [3.8, 4) is 0 Å². The van der Waals surface area contributed by atoms with Gasteiger partial charge in [0.15, 0.2) is 0 Å². The van der Waals surface area contributed by atoms with Gasteiger partial charge >= 0.3 is 5.97 Å². The van der Waals surface area contributed by atoms with E-state index in [4.69, 9.17) is 5.11 Å². The lowest BCUT2D eigenvalue weighted by atomic mass is 9.90. The molecule has 0 unspecified atom stereocenters. The van der Waals surface area contributed by atoms with Crippen LogP contribution < -0.4 is 0 Å². The van der Waals surface area contributed by atoms with Crippen molar-refractivity contribution >= 4 is 11.9 Å². The Kier molecular flexibility index (Phi) is 6.16. The Hall–Kier alpha value is -1.06. The first-order valence-corrected chi connectivity index (χ1v) is 6.98. The van der Waals surface area contributed by atoms with Gasteiger partial charge in [-0.05, 0) is 24.7 Å². The molecule has 0 aromatic heterocycles. The molecule has 1 fully saturated rings. The zero-order chi connectivity index (χ0) is 13.5. The fourth-order valence-electron chi connectivity index (χ4n) is 2.53. The van der Waals surface area contributed by atoms with E-state index in [2.05, 4.69) is 13.8 Å². The van der Waals surface area contributed by atoms with Crippen LogP contribution in [0.1, 0.15) is 52.4 Å². The number of likely N-dealkylation sites (tertiary alicyclic amines) is 1. The van der Waals surface area contributed by atoms with Crippen molar-refractivity contribution in [3.05, 3.63) is 0 Å². The van der Waals surface area contributed by atoms with Crippen LogP contribution in [0.4, 0.5) is 0 Å². The molecule has 1 heterocycles. The largest absolute Gasteiger partial charge is 0.481 e. The van der Waals surface area contributed by atoms with Gasteiger partial charge in [-0.25, -0.2) is 0 Å². The monoisotopic (exact) mass is 255 g/mol. The normalized spacial score (nSPS) is 17.2. The van der Waals surface area contributed by atoms with Gasteiger partial charge in [-0.3, -0.25) is 9.59 Å². The van der Waals surface area contributed by atoms with Gasteiger partial charge in [0.05, 0.1) is 0 Å². The second-order valence-electron chi connectivity index (χ2n) is 5.72. The maximum Gasteiger partial charge on any atom is 0.312 e. The van der Waals surface area contributed by atoms with Crippen LogP contribution in [0.25, 0.3) is 0 Å². The lowest BCUT2D eigenvalue weighted by Crippen LogP contribution is -2.39. The Bertz CT molecular complexity index is 281. The van der Waals surface area contributed by atoms with Crippen LogP contribution >= 0.6 is 0 Å². The highest BCUT2D eigenvalue weighted by molar-refractivity contribution is 5.93. The van der Waals surface area contributed by atoms with Crippen molar-refractivity contribution in [1.29, 1.82) is 0 Å². The molecule has 0 spiro atoms. The summed E-state index contributed by atoms with van der Waals surface area (Å²) < 4.78 is 0. The van der Waals surface area contributed by atoms with Gasteiger partial charge in [0.25, 0.3) is 0 Å². The quantitative estimate of drug-likeness (QED) is 0.742. The summed E-state index contributed by atoms with van der Waals surface area (Å²) in [6.07, 6.45) is 5.49. The first-order chi connectivity index (χ1) is 8.49. The number of hydrogen-bond acceptors (Lipinski definition) is 2. The topological polar surface area (TPSA) is 57.6 Å². The Morgan fingerprint density at radius 1 is 1.28 bits per heavy atom. The number of carbonyl (C=O) groups excluding carboxylic acids is 1. The fraction of sp³-hybridized carbons (Fsp3) is 0.857. The first-order valence-electron chi connectivity index (χ1n) is 6.98. The molecule has 1 rings (SSSR count). The van der Waals surface area contributed by atoms with Crippen molar-refractivity contribution < 1.29 is 14.7 Å². The Morgan fingerprint density at radius 2 is 1.89 bits per heavy atom. The summed E-state index contributed by atoms with van der Waals surface area (Å²) in [5.41, 5.74) is 0. The number of hydrogen-bond donors (Lipinski definition) is 1. The number of rotatable bonds is 6. The predicted octanol–water partition coefficient (Wildman–Crippen LogP) is 2.53. The number of carboxylic acid groups (broad SMARTS) is 1. The second-order valence-corrected chi connectivity index (χ2v) is 5.72. The molecule has 4 nitrogen and oxygen atoms in total. The highest BCUT2D eigenvalue weighted by atomic mass is 16.4. The molecule has 0 atom stereocenters. The van der Waals surface area contributed by atoms with Crippen LogP contribution in [-0.4, -0.2) is 35.0 Å². The SMILES string of the molecule is CC(C)CCCC1CCN(C(=O)CC(=O)O)CC1. The summed E-state index contributed by atoms with van der Waals surface area (Å²) in [6.45, 7) is 5.96. The molecular formula is C14H25NO3. The first kappa shape index (κ1) is 15.0. The van der Waals surface area contributed by atoms with Crippen LogP contribution in [-0.2, 0) is 9.59 Å². The van der Waals surface area contributed by atoms with E-state index >= 15 is 0 Å². The van der Waals surface area contributed by atoms with Crippen molar-refractivity contribution in [2.24, 2.45) is 11.8 Å². The fourth-order valence-corrected chi connectivity index (χ4v) is 2.53. The molecule has 0 aromatic carbocycles. The van der Waals surface area contributed by atoms with Crippen LogP contribution in [0.5, 0.6) is 0 Å². The molecule has 1 aliphatic heterocycles. The van der Waals surface area contributed by atoms with Crippen molar-refractivity contribution in [1.82, 2.24) is 4.90 Å². The maximum atomic E-state index is 11.6. The third kappa shape index (κ3) is 5.52. The summed E-state index contributed by atoms with van der Waals surface area (Å²) in [5, 5.41) is 8.59. The van der Waals surface area contributed by atoms with E-state index < -0.39 is 5.97 Å². The molecule has 0 aromatic rings.